The lowest BCUT2D eigenvalue weighted by atomic mass is 10.2. The van der Waals surface area contributed by atoms with Crippen molar-refractivity contribution in [2.45, 2.75) is 26.5 Å². The minimum absolute atomic E-state index is 0.0295. The highest BCUT2D eigenvalue weighted by atomic mass is 19.1. The van der Waals surface area contributed by atoms with E-state index in [0.29, 0.717) is 25.5 Å². The Morgan fingerprint density at radius 1 is 1.38 bits per heavy atom. The number of pyridine rings is 1. The van der Waals surface area contributed by atoms with Gasteiger partial charge in [-0.05, 0) is 32.0 Å². The maximum absolute atomic E-state index is 13.2. The second-order valence-corrected chi connectivity index (χ2v) is 5.37. The molecular formula is C15H19FN4O. The number of nitrogens with zero attached hydrogens (tertiary/aromatic N) is 4. The van der Waals surface area contributed by atoms with Gasteiger partial charge in [0.1, 0.15) is 5.82 Å². The molecule has 0 radical (unpaired) electrons. The Balaban J connectivity index is 1.70. The van der Waals surface area contributed by atoms with E-state index in [1.807, 2.05) is 24.6 Å². The maximum Gasteiger partial charge on any atom is 0.214 e. The lowest BCUT2D eigenvalue weighted by Gasteiger charge is -2.33. The van der Waals surface area contributed by atoms with Crippen LogP contribution >= 0.6 is 0 Å². The van der Waals surface area contributed by atoms with Crippen LogP contribution in [0.15, 0.2) is 24.3 Å². The molecule has 0 spiro atoms. The number of halogens is 1. The monoisotopic (exact) mass is 290 g/mol. The van der Waals surface area contributed by atoms with E-state index in [9.17, 15) is 4.39 Å². The number of morpholine rings is 1. The zero-order valence-corrected chi connectivity index (χ0v) is 12.3. The number of aryl methyl sites for hydroxylation is 2. The third-order valence-electron chi connectivity index (χ3n) is 3.64. The molecule has 0 saturated carbocycles. The van der Waals surface area contributed by atoms with Crippen molar-refractivity contribution in [1.29, 1.82) is 0 Å². The summed E-state index contributed by atoms with van der Waals surface area (Å²) in [6.45, 7) is 6.75. The molecule has 21 heavy (non-hydrogen) atoms. The number of aromatic nitrogens is 3. The first-order valence-corrected chi connectivity index (χ1v) is 7.12. The van der Waals surface area contributed by atoms with Gasteiger partial charge in [0, 0.05) is 18.8 Å². The molecule has 2 aromatic rings. The van der Waals surface area contributed by atoms with E-state index >= 15 is 0 Å². The normalized spacial score (nSPS) is 19.0. The molecule has 1 atom stereocenters. The Kier molecular flexibility index (Phi) is 3.88. The fourth-order valence-corrected chi connectivity index (χ4v) is 2.66. The first-order valence-electron chi connectivity index (χ1n) is 7.12. The number of hydrogen-bond donors (Lipinski definition) is 0. The van der Waals surface area contributed by atoms with Gasteiger partial charge in [0.05, 0.1) is 24.9 Å². The van der Waals surface area contributed by atoms with Crippen molar-refractivity contribution in [3.05, 3.63) is 41.6 Å². The van der Waals surface area contributed by atoms with Crippen molar-refractivity contribution in [2.24, 2.45) is 0 Å². The van der Waals surface area contributed by atoms with Crippen LogP contribution in [0.5, 0.6) is 0 Å². The summed E-state index contributed by atoms with van der Waals surface area (Å²) in [6, 6.07) is 6.92. The third kappa shape index (κ3) is 3.21. The quantitative estimate of drug-likeness (QED) is 0.810. The highest BCUT2D eigenvalue weighted by Gasteiger charge is 2.22. The fourth-order valence-electron chi connectivity index (χ4n) is 2.66. The van der Waals surface area contributed by atoms with Gasteiger partial charge < -0.3 is 9.64 Å². The van der Waals surface area contributed by atoms with Crippen molar-refractivity contribution in [3.63, 3.8) is 0 Å². The molecule has 0 bridgehead atoms. The summed E-state index contributed by atoms with van der Waals surface area (Å²) < 4.78 is 21.0. The van der Waals surface area contributed by atoms with Crippen molar-refractivity contribution >= 4 is 5.82 Å². The van der Waals surface area contributed by atoms with E-state index in [1.54, 1.807) is 6.07 Å². The topological polar surface area (TPSA) is 43.2 Å². The third-order valence-corrected chi connectivity index (χ3v) is 3.64. The molecule has 1 aliphatic rings. The lowest BCUT2D eigenvalue weighted by molar-refractivity contribution is 0.0267. The number of hydrogen-bond acceptors (Lipinski definition) is 4. The first-order chi connectivity index (χ1) is 10.1. The van der Waals surface area contributed by atoms with E-state index < -0.39 is 5.95 Å². The van der Waals surface area contributed by atoms with E-state index in [2.05, 4.69) is 21.0 Å². The van der Waals surface area contributed by atoms with Crippen LogP contribution in [0.3, 0.4) is 0 Å². The maximum atomic E-state index is 13.2. The zero-order valence-electron chi connectivity index (χ0n) is 12.3. The molecule has 0 amide bonds. The summed E-state index contributed by atoms with van der Waals surface area (Å²) in [5.74, 6) is 0.214. The van der Waals surface area contributed by atoms with E-state index in [-0.39, 0.29) is 6.10 Å². The highest BCUT2D eigenvalue weighted by molar-refractivity contribution is 5.38. The molecule has 0 aromatic carbocycles. The molecule has 1 fully saturated rings. The second kappa shape index (κ2) is 5.81. The van der Waals surface area contributed by atoms with Crippen LogP contribution < -0.4 is 4.90 Å². The van der Waals surface area contributed by atoms with Gasteiger partial charge in [-0.15, -0.1) is 0 Å². The SMILES string of the molecule is Cc1cc(C)n(CC2CN(c3cccc(F)n3)CCO2)n1. The number of ether oxygens (including phenoxy) is 1. The van der Waals surface area contributed by atoms with Gasteiger partial charge in [0.15, 0.2) is 0 Å². The molecule has 3 heterocycles. The summed E-state index contributed by atoms with van der Waals surface area (Å²) in [4.78, 5) is 6.00. The number of rotatable bonds is 3. The van der Waals surface area contributed by atoms with Crippen LogP contribution in [0.4, 0.5) is 10.2 Å². The minimum atomic E-state index is -0.450. The summed E-state index contributed by atoms with van der Waals surface area (Å²) in [6.07, 6.45) is 0.0295. The first kappa shape index (κ1) is 14.0. The Bertz CT molecular complexity index is 628. The van der Waals surface area contributed by atoms with Crippen LogP contribution in [-0.2, 0) is 11.3 Å². The Morgan fingerprint density at radius 3 is 2.95 bits per heavy atom. The van der Waals surface area contributed by atoms with Crippen LogP contribution in [0.1, 0.15) is 11.4 Å². The van der Waals surface area contributed by atoms with Crippen molar-refractivity contribution in [1.82, 2.24) is 14.8 Å². The second-order valence-electron chi connectivity index (χ2n) is 5.37. The molecule has 3 rings (SSSR count). The fraction of sp³-hybridized carbons (Fsp3) is 0.467. The number of anilines is 1. The summed E-state index contributed by atoms with van der Waals surface area (Å²) in [5.41, 5.74) is 2.13. The predicted molar refractivity (Wildman–Crippen MR) is 77.8 cm³/mol. The standard InChI is InChI=1S/C15H19FN4O/c1-11-8-12(2)20(18-11)10-13-9-19(6-7-21-13)15-5-3-4-14(16)17-15/h3-5,8,13H,6-7,9-10H2,1-2H3. The Labute approximate surface area is 123 Å². The van der Waals surface area contributed by atoms with Crippen LogP contribution in [-0.4, -0.2) is 40.6 Å². The van der Waals surface area contributed by atoms with E-state index in [0.717, 1.165) is 17.9 Å². The van der Waals surface area contributed by atoms with Gasteiger partial charge >= 0.3 is 0 Å². The largest absolute Gasteiger partial charge is 0.373 e. The van der Waals surface area contributed by atoms with Gasteiger partial charge in [-0.2, -0.15) is 9.49 Å². The smallest absolute Gasteiger partial charge is 0.214 e. The van der Waals surface area contributed by atoms with Gasteiger partial charge in [-0.25, -0.2) is 4.98 Å². The molecule has 5 nitrogen and oxygen atoms in total. The van der Waals surface area contributed by atoms with Crippen molar-refractivity contribution in [3.8, 4) is 0 Å². The molecule has 2 aromatic heterocycles. The van der Waals surface area contributed by atoms with E-state index in [1.165, 1.54) is 6.07 Å². The summed E-state index contributed by atoms with van der Waals surface area (Å²) in [7, 11) is 0. The summed E-state index contributed by atoms with van der Waals surface area (Å²) >= 11 is 0. The van der Waals surface area contributed by atoms with E-state index in [4.69, 9.17) is 4.74 Å². The average Bonchev–Trinajstić information content (AvgIpc) is 2.77. The van der Waals surface area contributed by atoms with Crippen LogP contribution in [0.25, 0.3) is 0 Å². The Hall–Kier alpha value is -1.95. The van der Waals surface area contributed by atoms with Crippen LogP contribution in [0, 0.1) is 19.8 Å². The highest BCUT2D eigenvalue weighted by Crippen LogP contribution is 2.16. The van der Waals surface area contributed by atoms with Gasteiger partial charge in [0.2, 0.25) is 5.95 Å². The molecule has 112 valence electrons. The average molecular weight is 290 g/mol. The Morgan fingerprint density at radius 2 is 2.24 bits per heavy atom. The van der Waals surface area contributed by atoms with Crippen molar-refractivity contribution < 1.29 is 9.13 Å². The molecule has 6 heteroatoms. The molecule has 1 unspecified atom stereocenters. The van der Waals surface area contributed by atoms with Gasteiger partial charge in [-0.1, -0.05) is 6.07 Å². The van der Waals surface area contributed by atoms with Gasteiger partial charge in [-0.3, -0.25) is 4.68 Å². The molecule has 1 saturated heterocycles. The molecule has 0 aliphatic carbocycles. The molecule has 1 aliphatic heterocycles. The zero-order chi connectivity index (χ0) is 14.8. The molecular weight excluding hydrogens is 271 g/mol. The van der Waals surface area contributed by atoms with Crippen LogP contribution in [0.2, 0.25) is 0 Å². The molecule has 0 N–H and O–H groups in total. The predicted octanol–water partition coefficient (Wildman–Crippen LogP) is 1.94. The minimum Gasteiger partial charge on any atom is -0.373 e. The lowest BCUT2D eigenvalue weighted by Crippen LogP contribution is -2.45. The van der Waals surface area contributed by atoms with Gasteiger partial charge in [0.25, 0.3) is 0 Å². The summed E-state index contributed by atoms with van der Waals surface area (Å²) in [5, 5.41) is 4.46. The van der Waals surface area contributed by atoms with Crippen molar-refractivity contribution in [2.75, 3.05) is 24.6 Å².